The molecule has 1 saturated heterocycles. The predicted molar refractivity (Wildman–Crippen MR) is 85.1 cm³/mol. The third-order valence-corrected chi connectivity index (χ3v) is 4.74. The van der Waals surface area contributed by atoms with Gasteiger partial charge in [-0.05, 0) is 37.1 Å². The fraction of sp³-hybridized carbons (Fsp3) is 0.375. The van der Waals surface area contributed by atoms with Crippen LogP contribution < -0.4 is 0 Å². The topological polar surface area (TPSA) is 53.4 Å². The van der Waals surface area contributed by atoms with Crippen molar-refractivity contribution in [3.63, 3.8) is 0 Å². The van der Waals surface area contributed by atoms with Crippen molar-refractivity contribution in [1.82, 2.24) is 9.88 Å². The van der Waals surface area contributed by atoms with Crippen molar-refractivity contribution in [3.05, 3.63) is 40.5 Å². The zero-order chi connectivity index (χ0) is 14.8. The summed E-state index contributed by atoms with van der Waals surface area (Å²) in [5.41, 5.74) is 2.14. The molecule has 1 unspecified atom stereocenters. The molecule has 3 rings (SSSR count). The Morgan fingerprint density at radius 1 is 1.43 bits per heavy atom. The van der Waals surface area contributed by atoms with E-state index in [9.17, 15) is 9.90 Å². The molecule has 0 saturated carbocycles. The molecular formula is C16H17BrN2O2. The number of nitrogens with zero attached hydrogens (tertiary/aromatic N) is 2. The Morgan fingerprint density at radius 3 is 3.10 bits per heavy atom. The van der Waals surface area contributed by atoms with Crippen LogP contribution in [0.3, 0.4) is 0 Å². The molecule has 1 aliphatic rings. The zero-order valence-electron chi connectivity index (χ0n) is 11.6. The summed E-state index contributed by atoms with van der Waals surface area (Å²) >= 11 is 3.55. The fourth-order valence-corrected chi connectivity index (χ4v) is 3.42. The van der Waals surface area contributed by atoms with Gasteiger partial charge in [-0.1, -0.05) is 28.1 Å². The van der Waals surface area contributed by atoms with Crippen LogP contribution in [0.1, 0.15) is 18.4 Å². The lowest BCUT2D eigenvalue weighted by Crippen LogP contribution is -2.38. The second-order valence-electron chi connectivity index (χ2n) is 5.52. The van der Waals surface area contributed by atoms with E-state index in [0.29, 0.717) is 6.54 Å². The van der Waals surface area contributed by atoms with Gasteiger partial charge in [-0.15, -0.1) is 0 Å². The van der Waals surface area contributed by atoms with Gasteiger partial charge in [0.05, 0.1) is 11.4 Å². The minimum absolute atomic E-state index is 0.242. The molecule has 0 bridgehead atoms. The summed E-state index contributed by atoms with van der Waals surface area (Å²) in [6, 6.07) is 8.09. The van der Waals surface area contributed by atoms with Gasteiger partial charge in [0.1, 0.15) is 0 Å². The molecule has 1 aromatic carbocycles. The number of rotatable bonds is 3. The highest BCUT2D eigenvalue weighted by Gasteiger charge is 2.25. The smallest absolute Gasteiger partial charge is 0.307 e. The lowest BCUT2D eigenvalue weighted by atomic mass is 9.97. The lowest BCUT2D eigenvalue weighted by Gasteiger charge is -2.30. The second-order valence-corrected chi connectivity index (χ2v) is 6.37. The summed E-state index contributed by atoms with van der Waals surface area (Å²) in [4.78, 5) is 17.9. The maximum absolute atomic E-state index is 11.2. The normalized spacial score (nSPS) is 19.8. The monoisotopic (exact) mass is 348 g/mol. The molecule has 1 atom stereocenters. The van der Waals surface area contributed by atoms with E-state index < -0.39 is 5.97 Å². The first-order valence-corrected chi connectivity index (χ1v) is 7.91. The van der Waals surface area contributed by atoms with E-state index in [1.54, 1.807) is 6.20 Å². The molecule has 1 N–H and O–H groups in total. The summed E-state index contributed by atoms with van der Waals surface area (Å²) < 4.78 is 1.04. The number of hydrogen-bond donors (Lipinski definition) is 1. The van der Waals surface area contributed by atoms with Crippen molar-refractivity contribution in [2.45, 2.75) is 19.4 Å². The first-order valence-electron chi connectivity index (χ1n) is 7.12. The summed E-state index contributed by atoms with van der Waals surface area (Å²) in [6.07, 6.45) is 3.53. The summed E-state index contributed by atoms with van der Waals surface area (Å²) in [6.45, 7) is 2.33. The molecule has 21 heavy (non-hydrogen) atoms. The Morgan fingerprint density at radius 2 is 2.29 bits per heavy atom. The number of carbonyl (C=O) groups is 1. The first-order chi connectivity index (χ1) is 10.1. The van der Waals surface area contributed by atoms with Crippen molar-refractivity contribution < 1.29 is 9.90 Å². The van der Waals surface area contributed by atoms with Crippen LogP contribution in [-0.2, 0) is 11.3 Å². The minimum Gasteiger partial charge on any atom is -0.481 e. The van der Waals surface area contributed by atoms with Gasteiger partial charge in [-0.2, -0.15) is 0 Å². The maximum Gasteiger partial charge on any atom is 0.307 e. The molecular weight excluding hydrogens is 332 g/mol. The van der Waals surface area contributed by atoms with Gasteiger partial charge < -0.3 is 5.11 Å². The molecule has 1 aromatic heterocycles. The number of piperidine rings is 1. The Bertz CT molecular complexity index is 674. The third kappa shape index (κ3) is 3.09. The molecule has 4 nitrogen and oxygen atoms in total. The number of likely N-dealkylation sites (tertiary alicyclic amines) is 1. The van der Waals surface area contributed by atoms with Crippen LogP contribution in [0.2, 0.25) is 0 Å². The Hall–Kier alpha value is -1.46. The number of hydrogen-bond acceptors (Lipinski definition) is 3. The second kappa shape index (κ2) is 6.12. The molecule has 2 aromatic rings. The van der Waals surface area contributed by atoms with E-state index in [2.05, 4.69) is 31.9 Å². The van der Waals surface area contributed by atoms with Crippen molar-refractivity contribution in [2.75, 3.05) is 13.1 Å². The summed E-state index contributed by atoms with van der Waals surface area (Å²) in [5.74, 6) is -0.924. The van der Waals surface area contributed by atoms with E-state index in [1.165, 1.54) is 0 Å². The fourth-order valence-electron chi connectivity index (χ4n) is 2.97. The van der Waals surface area contributed by atoms with Crippen molar-refractivity contribution in [1.29, 1.82) is 0 Å². The molecule has 1 aliphatic heterocycles. The van der Waals surface area contributed by atoms with Crippen molar-refractivity contribution in [2.24, 2.45) is 5.92 Å². The third-order valence-electron chi connectivity index (χ3n) is 4.05. The quantitative estimate of drug-likeness (QED) is 0.924. The van der Waals surface area contributed by atoms with Gasteiger partial charge in [-0.25, -0.2) is 0 Å². The molecule has 0 amide bonds. The molecule has 5 heteroatoms. The van der Waals surface area contributed by atoms with Gasteiger partial charge in [0.15, 0.2) is 0 Å². The van der Waals surface area contributed by atoms with Gasteiger partial charge in [-0.3, -0.25) is 14.7 Å². The number of aliphatic carboxylic acids is 1. The number of carboxylic acids is 1. The lowest BCUT2D eigenvalue weighted by molar-refractivity contribution is -0.143. The van der Waals surface area contributed by atoms with Crippen LogP contribution in [0, 0.1) is 5.92 Å². The van der Waals surface area contributed by atoms with Crippen molar-refractivity contribution >= 4 is 32.8 Å². The highest BCUT2D eigenvalue weighted by atomic mass is 79.9. The SMILES string of the molecule is O=C(O)C1CCCN(Cc2ccc(Br)c3cccnc23)C1. The molecule has 0 radical (unpaired) electrons. The van der Waals surface area contributed by atoms with E-state index in [1.807, 2.05) is 18.2 Å². The predicted octanol–water partition coefficient (Wildman–Crippen LogP) is 3.29. The zero-order valence-corrected chi connectivity index (χ0v) is 13.2. The Labute approximate surface area is 131 Å². The maximum atomic E-state index is 11.2. The number of aromatic nitrogens is 1. The van der Waals surface area contributed by atoms with Gasteiger partial charge in [0, 0.05) is 29.1 Å². The average Bonchev–Trinajstić information content (AvgIpc) is 2.51. The average molecular weight is 349 g/mol. The Balaban J connectivity index is 1.85. The van der Waals surface area contributed by atoms with Crippen molar-refractivity contribution in [3.8, 4) is 0 Å². The van der Waals surface area contributed by atoms with E-state index in [4.69, 9.17) is 0 Å². The van der Waals surface area contributed by atoms with Crippen LogP contribution in [0.5, 0.6) is 0 Å². The number of halogens is 1. The molecule has 0 spiro atoms. The van der Waals surface area contributed by atoms with Gasteiger partial charge in [0.25, 0.3) is 0 Å². The number of pyridine rings is 1. The Kier molecular flexibility index (Phi) is 4.22. The number of carboxylic acid groups (broad SMARTS) is 1. The highest BCUT2D eigenvalue weighted by Crippen LogP contribution is 2.27. The molecule has 0 aliphatic carbocycles. The number of benzene rings is 1. The van der Waals surface area contributed by atoms with E-state index >= 15 is 0 Å². The minimum atomic E-state index is -0.682. The van der Waals surface area contributed by atoms with E-state index in [-0.39, 0.29) is 5.92 Å². The largest absolute Gasteiger partial charge is 0.481 e. The molecule has 110 valence electrons. The highest BCUT2D eigenvalue weighted by molar-refractivity contribution is 9.10. The van der Waals surface area contributed by atoms with Crippen LogP contribution in [0.4, 0.5) is 0 Å². The molecule has 1 fully saturated rings. The standard InChI is InChI=1S/C16H17BrN2O2/c17-14-6-5-11(15-13(14)4-1-7-18-15)9-19-8-2-3-12(10-19)16(20)21/h1,4-7,12H,2-3,8-10H2,(H,20,21). The van der Waals surface area contributed by atoms with Crippen LogP contribution in [0.15, 0.2) is 34.9 Å². The first kappa shape index (κ1) is 14.5. The summed E-state index contributed by atoms with van der Waals surface area (Å²) in [7, 11) is 0. The molecule has 2 heterocycles. The van der Waals surface area contributed by atoms with Crippen LogP contribution in [-0.4, -0.2) is 34.0 Å². The van der Waals surface area contributed by atoms with Gasteiger partial charge >= 0.3 is 5.97 Å². The van der Waals surface area contributed by atoms with E-state index in [0.717, 1.165) is 46.9 Å². The van der Waals surface area contributed by atoms with Crippen LogP contribution in [0.25, 0.3) is 10.9 Å². The van der Waals surface area contributed by atoms with Crippen LogP contribution >= 0.6 is 15.9 Å². The number of fused-ring (bicyclic) bond motifs is 1. The summed E-state index contributed by atoms with van der Waals surface area (Å²) in [5, 5.41) is 10.3. The van der Waals surface area contributed by atoms with Gasteiger partial charge in [0.2, 0.25) is 0 Å².